The average Bonchev–Trinajstić information content (AvgIpc) is 3.21. The standard InChI is InChI=1S/C24H23FN4O2/c1-15(31-23-10-17(12-27-24(23)26)18-13-28-29(2)14-18)22-11-19(25)6-9-21(22)16-4-7-20(30-3)8-5-16/h4-15H,1-3H3,(H2,26,27)/t15-/m1/s1. The van der Waals surface area contributed by atoms with E-state index in [9.17, 15) is 4.39 Å². The molecule has 0 amide bonds. The number of nitrogens with zero attached hydrogens (tertiary/aromatic N) is 3. The Balaban J connectivity index is 1.67. The molecule has 0 unspecified atom stereocenters. The second-order valence-corrected chi connectivity index (χ2v) is 7.23. The fraction of sp³-hybridized carbons (Fsp3) is 0.167. The van der Waals surface area contributed by atoms with Gasteiger partial charge in [0, 0.05) is 36.1 Å². The summed E-state index contributed by atoms with van der Waals surface area (Å²) in [7, 11) is 3.46. The Hall–Kier alpha value is -3.87. The number of anilines is 1. The number of rotatable bonds is 6. The van der Waals surface area contributed by atoms with E-state index in [1.807, 2.05) is 50.5 Å². The van der Waals surface area contributed by atoms with E-state index in [0.29, 0.717) is 11.3 Å². The maximum atomic E-state index is 14.1. The lowest BCUT2D eigenvalue weighted by Crippen LogP contribution is -2.08. The molecule has 0 fully saturated rings. The quantitative estimate of drug-likeness (QED) is 0.476. The van der Waals surface area contributed by atoms with Crippen molar-refractivity contribution in [3.05, 3.63) is 78.5 Å². The number of halogens is 1. The summed E-state index contributed by atoms with van der Waals surface area (Å²) < 4.78 is 27.2. The van der Waals surface area contributed by atoms with Crippen LogP contribution in [0.1, 0.15) is 18.6 Å². The second kappa shape index (κ2) is 8.47. The summed E-state index contributed by atoms with van der Waals surface area (Å²) in [6.45, 7) is 1.86. The van der Waals surface area contributed by atoms with Gasteiger partial charge in [-0.3, -0.25) is 4.68 Å². The smallest absolute Gasteiger partial charge is 0.166 e. The van der Waals surface area contributed by atoms with Crippen molar-refractivity contribution in [3.63, 3.8) is 0 Å². The molecule has 0 radical (unpaired) electrons. The highest BCUT2D eigenvalue weighted by molar-refractivity contribution is 5.69. The van der Waals surface area contributed by atoms with Gasteiger partial charge in [-0.15, -0.1) is 0 Å². The molecule has 0 saturated heterocycles. The summed E-state index contributed by atoms with van der Waals surface area (Å²) in [5.41, 5.74) is 10.3. The molecule has 1 atom stereocenters. The zero-order valence-corrected chi connectivity index (χ0v) is 17.5. The molecule has 7 heteroatoms. The van der Waals surface area contributed by atoms with Crippen molar-refractivity contribution in [2.75, 3.05) is 12.8 Å². The Morgan fingerprint density at radius 2 is 1.77 bits per heavy atom. The first-order valence-corrected chi connectivity index (χ1v) is 9.79. The van der Waals surface area contributed by atoms with Crippen LogP contribution >= 0.6 is 0 Å². The van der Waals surface area contributed by atoms with Crippen LogP contribution < -0.4 is 15.2 Å². The molecule has 0 bridgehead atoms. The summed E-state index contributed by atoms with van der Waals surface area (Å²) in [5.74, 6) is 1.11. The molecule has 31 heavy (non-hydrogen) atoms. The number of methoxy groups -OCH3 is 1. The summed E-state index contributed by atoms with van der Waals surface area (Å²) in [5, 5.41) is 4.19. The Morgan fingerprint density at radius 1 is 1.00 bits per heavy atom. The van der Waals surface area contributed by atoms with Crippen LogP contribution in [-0.2, 0) is 7.05 Å². The lowest BCUT2D eigenvalue weighted by Gasteiger charge is -2.20. The van der Waals surface area contributed by atoms with E-state index in [4.69, 9.17) is 15.2 Å². The summed E-state index contributed by atoms with van der Waals surface area (Å²) in [4.78, 5) is 4.26. The van der Waals surface area contributed by atoms with E-state index in [-0.39, 0.29) is 11.6 Å². The number of aryl methyl sites for hydroxylation is 1. The Labute approximate surface area is 180 Å². The van der Waals surface area contributed by atoms with E-state index in [1.165, 1.54) is 12.1 Å². The van der Waals surface area contributed by atoms with E-state index < -0.39 is 6.10 Å². The van der Waals surface area contributed by atoms with Gasteiger partial charge in [-0.1, -0.05) is 18.2 Å². The first-order chi connectivity index (χ1) is 14.9. The number of hydrogen-bond acceptors (Lipinski definition) is 5. The first-order valence-electron chi connectivity index (χ1n) is 9.79. The van der Waals surface area contributed by atoms with Crippen LogP contribution in [0.4, 0.5) is 10.2 Å². The summed E-state index contributed by atoms with van der Waals surface area (Å²) in [6.07, 6.45) is 4.83. The molecule has 2 aromatic heterocycles. The van der Waals surface area contributed by atoms with Crippen molar-refractivity contribution < 1.29 is 13.9 Å². The van der Waals surface area contributed by atoms with E-state index in [1.54, 1.807) is 30.3 Å². The Morgan fingerprint density at radius 3 is 2.45 bits per heavy atom. The molecular weight excluding hydrogens is 395 g/mol. The van der Waals surface area contributed by atoms with Gasteiger partial charge in [0.1, 0.15) is 17.7 Å². The minimum Gasteiger partial charge on any atom is -0.497 e. The molecule has 158 valence electrons. The molecule has 0 saturated carbocycles. The number of aromatic nitrogens is 3. The van der Waals surface area contributed by atoms with Crippen molar-refractivity contribution in [1.29, 1.82) is 0 Å². The lowest BCUT2D eigenvalue weighted by molar-refractivity contribution is 0.228. The SMILES string of the molecule is COc1ccc(-c2ccc(F)cc2[C@@H](C)Oc2cc(-c3cnn(C)c3)cnc2N)cc1. The molecule has 0 aliphatic carbocycles. The van der Waals surface area contributed by atoms with Gasteiger partial charge in [0.2, 0.25) is 0 Å². The van der Waals surface area contributed by atoms with Crippen LogP contribution in [0.15, 0.2) is 67.1 Å². The van der Waals surface area contributed by atoms with Crippen molar-refractivity contribution >= 4 is 5.82 Å². The van der Waals surface area contributed by atoms with Gasteiger partial charge < -0.3 is 15.2 Å². The predicted octanol–water partition coefficient (Wildman–Crippen LogP) is 5.02. The van der Waals surface area contributed by atoms with Crippen LogP contribution in [0, 0.1) is 5.82 Å². The van der Waals surface area contributed by atoms with Gasteiger partial charge in [-0.05, 0) is 48.4 Å². The zero-order chi connectivity index (χ0) is 22.0. The number of benzene rings is 2. The van der Waals surface area contributed by atoms with Gasteiger partial charge in [0.05, 0.1) is 13.3 Å². The molecule has 4 rings (SSSR count). The van der Waals surface area contributed by atoms with Crippen LogP contribution in [0.2, 0.25) is 0 Å². The third-order valence-corrected chi connectivity index (χ3v) is 5.08. The minimum atomic E-state index is -0.471. The van der Waals surface area contributed by atoms with Crippen LogP contribution in [0.25, 0.3) is 22.3 Å². The van der Waals surface area contributed by atoms with Crippen molar-refractivity contribution in [3.8, 4) is 33.8 Å². The van der Waals surface area contributed by atoms with Crippen LogP contribution in [0.5, 0.6) is 11.5 Å². The van der Waals surface area contributed by atoms with Gasteiger partial charge in [0.15, 0.2) is 11.6 Å². The maximum absolute atomic E-state index is 14.1. The van der Waals surface area contributed by atoms with E-state index >= 15 is 0 Å². The summed E-state index contributed by atoms with van der Waals surface area (Å²) in [6, 6.07) is 14.1. The van der Waals surface area contributed by atoms with Gasteiger partial charge >= 0.3 is 0 Å². The van der Waals surface area contributed by atoms with Gasteiger partial charge in [0.25, 0.3) is 0 Å². The summed E-state index contributed by atoms with van der Waals surface area (Å²) >= 11 is 0. The molecule has 0 spiro atoms. The number of pyridine rings is 1. The third kappa shape index (κ3) is 4.35. The van der Waals surface area contributed by atoms with Crippen LogP contribution in [-0.4, -0.2) is 21.9 Å². The minimum absolute atomic E-state index is 0.266. The predicted molar refractivity (Wildman–Crippen MR) is 118 cm³/mol. The first kappa shape index (κ1) is 20.4. The highest BCUT2D eigenvalue weighted by atomic mass is 19.1. The van der Waals surface area contributed by atoms with E-state index in [2.05, 4.69) is 10.1 Å². The highest BCUT2D eigenvalue weighted by Crippen LogP contribution is 2.35. The second-order valence-electron chi connectivity index (χ2n) is 7.23. The number of nitrogens with two attached hydrogens (primary N) is 1. The van der Waals surface area contributed by atoms with Gasteiger partial charge in [-0.2, -0.15) is 5.10 Å². The average molecular weight is 418 g/mol. The largest absolute Gasteiger partial charge is 0.497 e. The van der Waals surface area contributed by atoms with Gasteiger partial charge in [-0.25, -0.2) is 9.37 Å². The highest BCUT2D eigenvalue weighted by Gasteiger charge is 2.17. The fourth-order valence-electron chi connectivity index (χ4n) is 3.44. The number of nitrogen functional groups attached to an aromatic ring is 1. The normalized spacial score (nSPS) is 11.9. The molecular formula is C24H23FN4O2. The molecule has 2 aromatic carbocycles. The Bertz CT molecular complexity index is 1200. The number of hydrogen-bond donors (Lipinski definition) is 1. The number of ether oxygens (including phenoxy) is 2. The fourth-order valence-corrected chi connectivity index (χ4v) is 3.44. The monoisotopic (exact) mass is 418 g/mol. The molecule has 0 aliphatic heterocycles. The molecule has 0 aliphatic rings. The zero-order valence-electron chi connectivity index (χ0n) is 17.5. The topological polar surface area (TPSA) is 75.2 Å². The van der Waals surface area contributed by atoms with Crippen molar-refractivity contribution in [2.45, 2.75) is 13.0 Å². The maximum Gasteiger partial charge on any atom is 0.166 e. The molecule has 2 N–H and O–H groups in total. The van der Waals surface area contributed by atoms with E-state index in [0.717, 1.165) is 28.0 Å². The van der Waals surface area contributed by atoms with Crippen molar-refractivity contribution in [2.24, 2.45) is 7.05 Å². The Kier molecular flexibility index (Phi) is 5.58. The lowest BCUT2D eigenvalue weighted by atomic mass is 9.96. The third-order valence-electron chi connectivity index (χ3n) is 5.08. The molecule has 2 heterocycles. The molecule has 4 aromatic rings. The van der Waals surface area contributed by atoms with Crippen LogP contribution in [0.3, 0.4) is 0 Å². The van der Waals surface area contributed by atoms with Crippen molar-refractivity contribution in [1.82, 2.24) is 14.8 Å². The molecule has 6 nitrogen and oxygen atoms in total.